The first-order valence-electron chi connectivity index (χ1n) is 7.03. The van der Waals surface area contributed by atoms with E-state index in [2.05, 4.69) is 35.5 Å². The summed E-state index contributed by atoms with van der Waals surface area (Å²) in [6, 6.07) is 7.22. The SMILES string of the molecule is CN(CC1CCCCN1)c1ccc2c(c1)CCO2. The Labute approximate surface area is 109 Å². The molecule has 1 unspecified atom stereocenters. The standard InChI is InChI=1S/C15H22N2O/c1-17(11-13-4-2-3-8-16-13)14-5-6-15-12(10-14)7-9-18-15/h5-6,10,13,16H,2-4,7-9,11H2,1H3. The van der Waals surface area contributed by atoms with E-state index in [9.17, 15) is 0 Å². The molecule has 0 bridgehead atoms. The first-order valence-corrected chi connectivity index (χ1v) is 7.03. The first-order chi connectivity index (χ1) is 8.83. The van der Waals surface area contributed by atoms with Crippen LogP contribution >= 0.6 is 0 Å². The van der Waals surface area contributed by atoms with Gasteiger partial charge in [-0.25, -0.2) is 0 Å². The summed E-state index contributed by atoms with van der Waals surface area (Å²) in [4.78, 5) is 2.36. The molecular formula is C15H22N2O. The summed E-state index contributed by atoms with van der Waals surface area (Å²) in [5.41, 5.74) is 2.67. The number of hydrogen-bond acceptors (Lipinski definition) is 3. The molecule has 0 radical (unpaired) electrons. The van der Waals surface area contributed by atoms with Gasteiger partial charge in [-0.3, -0.25) is 0 Å². The third-order valence-electron chi connectivity index (χ3n) is 4.02. The van der Waals surface area contributed by atoms with E-state index in [1.165, 1.54) is 37.1 Å². The molecule has 1 atom stereocenters. The van der Waals surface area contributed by atoms with Crippen molar-refractivity contribution < 1.29 is 4.74 Å². The van der Waals surface area contributed by atoms with Gasteiger partial charge in [-0.2, -0.15) is 0 Å². The van der Waals surface area contributed by atoms with E-state index < -0.39 is 0 Å². The number of likely N-dealkylation sites (N-methyl/N-ethyl adjacent to an activating group) is 1. The fourth-order valence-electron chi connectivity index (χ4n) is 2.93. The second kappa shape index (κ2) is 5.19. The van der Waals surface area contributed by atoms with Crippen LogP contribution in [0.3, 0.4) is 0 Å². The van der Waals surface area contributed by atoms with Crippen LogP contribution in [0.4, 0.5) is 5.69 Å². The van der Waals surface area contributed by atoms with Gasteiger partial charge in [0, 0.05) is 31.7 Å². The molecular weight excluding hydrogens is 224 g/mol. The molecule has 98 valence electrons. The van der Waals surface area contributed by atoms with E-state index in [-0.39, 0.29) is 0 Å². The van der Waals surface area contributed by atoms with Gasteiger partial charge in [0.15, 0.2) is 0 Å². The van der Waals surface area contributed by atoms with E-state index in [0.717, 1.165) is 25.3 Å². The van der Waals surface area contributed by atoms with E-state index in [0.29, 0.717) is 6.04 Å². The van der Waals surface area contributed by atoms with Crippen LogP contribution in [0.1, 0.15) is 24.8 Å². The summed E-state index contributed by atoms with van der Waals surface area (Å²) in [6.45, 7) is 3.11. The minimum atomic E-state index is 0.647. The van der Waals surface area contributed by atoms with Crippen LogP contribution in [-0.2, 0) is 6.42 Å². The minimum Gasteiger partial charge on any atom is -0.493 e. The van der Waals surface area contributed by atoms with Crippen LogP contribution in [0.5, 0.6) is 5.75 Å². The third-order valence-corrected chi connectivity index (χ3v) is 4.02. The molecule has 1 fully saturated rings. The van der Waals surface area contributed by atoms with Crippen LogP contribution in [0.2, 0.25) is 0 Å². The molecule has 18 heavy (non-hydrogen) atoms. The highest BCUT2D eigenvalue weighted by Gasteiger charge is 2.17. The highest BCUT2D eigenvalue weighted by Crippen LogP contribution is 2.29. The Morgan fingerprint density at radius 2 is 2.33 bits per heavy atom. The Morgan fingerprint density at radius 1 is 1.39 bits per heavy atom. The minimum absolute atomic E-state index is 0.647. The number of nitrogens with one attached hydrogen (secondary N) is 1. The predicted octanol–water partition coefficient (Wildman–Crippen LogP) is 2.20. The molecule has 1 aromatic carbocycles. The Balaban J connectivity index is 1.66. The number of ether oxygens (including phenoxy) is 1. The molecule has 2 aliphatic heterocycles. The molecule has 1 N–H and O–H groups in total. The largest absolute Gasteiger partial charge is 0.493 e. The first kappa shape index (κ1) is 11.8. The summed E-state index contributed by atoms with van der Waals surface area (Å²) in [7, 11) is 2.19. The highest BCUT2D eigenvalue weighted by molar-refractivity contribution is 5.54. The summed E-state index contributed by atoms with van der Waals surface area (Å²) in [6.07, 6.45) is 5.05. The van der Waals surface area contributed by atoms with Crippen molar-refractivity contribution in [1.82, 2.24) is 5.32 Å². The summed E-state index contributed by atoms with van der Waals surface area (Å²) < 4.78 is 5.55. The molecule has 1 saturated heterocycles. The lowest BCUT2D eigenvalue weighted by atomic mass is 10.0. The lowest BCUT2D eigenvalue weighted by Gasteiger charge is -2.29. The molecule has 3 rings (SSSR count). The van der Waals surface area contributed by atoms with Crippen molar-refractivity contribution in [2.75, 3.05) is 31.6 Å². The fraction of sp³-hybridized carbons (Fsp3) is 0.600. The number of rotatable bonds is 3. The van der Waals surface area contributed by atoms with Crippen molar-refractivity contribution in [3.8, 4) is 5.75 Å². The Morgan fingerprint density at radius 3 is 3.17 bits per heavy atom. The van der Waals surface area contributed by atoms with Gasteiger partial charge in [0.1, 0.15) is 5.75 Å². The monoisotopic (exact) mass is 246 g/mol. The van der Waals surface area contributed by atoms with Crippen LogP contribution in [0.15, 0.2) is 18.2 Å². The van der Waals surface area contributed by atoms with E-state index in [1.54, 1.807) is 0 Å². The zero-order valence-electron chi connectivity index (χ0n) is 11.1. The van der Waals surface area contributed by atoms with Gasteiger partial charge >= 0.3 is 0 Å². The average molecular weight is 246 g/mol. The molecule has 3 nitrogen and oxygen atoms in total. The molecule has 0 spiro atoms. The molecule has 0 saturated carbocycles. The van der Waals surface area contributed by atoms with Crippen molar-refractivity contribution in [1.29, 1.82) is 0 Å². The summed E-state index contributed by atoms with van der Waals surface area (Å²) in [5.74, 6) is 1.07. The van der Waals surface area contributed by atoms with Gasteiger partial charge in [0.05, 0.1) is 6.61 Å². The molecule has 0 amide bonds. The Hall–Kier alpha value is -1.22. The van der Waals surface area contributed by atoms with Gasteiger partial charge in [0.25, 0.3) is 0 Å². The van der Waals surface area contributed by atoms with Gasteiger partial charge < -0.3 is 15.0 Å². The second-order valence-electron chi connectivity index (χ2n) is 5.42. The van der Waals surface area contributed by atoms with Crippen molar-refractivity contribution >= 4 is 5.69 Å². The van der Waals surface area contributed by atoms with Crippen LogP contribution in [-0.4, -0.2) is 32.8 Å². The van der Waals surface area contributed by atoms with Crippen LogP contribution in [0, 0.1) is 0 Å². The molecule has 1 aromatic rings. The zero-order valence-corrected chi connectivity index (χ0v) is 11.1. The van der Waals surface area contributed by atoms with Crippen molar-refractivity contribution in [2.24, 2.45) is 0 Å². The lowest BCUT2D eigenvalue weighted by molar-refractivity contribution is 0.357. The number of piperidine rings is 1. The number of anilines is 1. The Kier molecular flexibility index (Phi) is 3.41. The second-order valence-corrected chi connectivity index (χ2v) is 5.42. The van der Waals surface area contributed by atoms with E-state index in [4.69, 9.17) is 4.74 Å². The van der Waals surface area contributed by atoms with Crippen molar-refractivity contribution in [3.05, 3.63) is 23.8 Å². The quantitative estimate of drug-likeness (QED) is 0.885. The zero-order chi connectivity index (χ0) is 12.4. The predicted molar refractivity (Wildman–Crippen MR) is 74.6 cm³/mol. The fourth-order valence-corrected chi connectivity index (χ4v) is 2.93. The molecule has 3 heteroatoms. The maximum atomic E-state index is 5.55. The van der Waals surface area contributed by atoms with Gasteiger partial charge in [-0.05, 0) is 43.1 Å². The lowest BCUT2D eigenvalue weighted by Crippen LogP contribution is -2.42. The van der Waals surface area contributed by atoms with Crippen molar-refractivity contribution in [2.45, 2.75) is 31.7 Å². The number of hydrogen-bond donors (Lipinski definition) is 1. The number of fused-ring (bicyclic) bond motifs is 1. The summed E-state index contributed by atoms with van der Waals surface area (Å²) >= 11 is 0. The van der Waals surface area contributed by atoms with Gasteiger partial charge in [0.2, 0.25) is 0 Å². The van der Waals surface area contributed by atoms with Crippen LogP contribution in [0.25, 0.3) is 0 Å². The van der Waals surface area contributed by atoms with E-state index >= 15 is 0 Å². The molecule has 2 heterocycles. The molecule has 0 aliphatic carbocycles. The van der Waals surface area contributed by atoms with E-state index in [1.807, 2.05) is 0 Å². The van der Waals surface area contributed by atoms with Gasteiger partial charge in [-0.1, -0.05) is 6.42 Å². The van der Waals surface area contributed by atoms with Gasteiger partial charge in [-0.15, -0.1) is 0 Å². The Bertz CT molecular complexity index is 413. The van der Waals surface area contributed by atoms with Crippen LogP contribution < -0.4 is 15.0 Å². The third kappa shape index (κ3) is 2.46. The highest BCUT2D eigenvalue weighted by atomic mass is 16.5. The smallest absolute Gasteiger partial charge is 0.122 e. The number of benzene rings is 1. The van der Waals surface area contributed by atoms with Crippen molar-refractivity contribution in [3.63, 3.8) is 0 Å². The maximum absolute atomic E-state index is 5.55. The topological polar surface area (TPSA) is 24.5 Å². The normalized spacial score (nSPS) is 22.4. The molecule has 0 aromatic heterocycles. The summed E-state index contributed by atoms with van der Waals surface area (Å²) in [5, 5.41) is 3.61. The molecule has 2 aliphatic rings. The average Bonchev–Trinajstić information content (AvgIpc) is 2.87. The number of nitrogens with zero attached hydrogens (tertiary/aromatic N) is 1. The maximum Gasteiger partial charge on any atom is 0.122 e.